The first-order valence-electron chi connectivity index (χ1n) is 9.86. The molecule has 9 heteroatoms. The van der Waals surface area contributed by atoms with Crippen molar-refractivity contribution < 1.29 is 14.2 Å². The molecule has 164 valence electrons. The van der Waals surface area contributed by atoms with Crippen molar-refractivity contribution in [1.82, 2.24) is 9.97 Å². The summed E-state index contributed by atoms with van der Waals surface area (Å²) in [7, 11) is 1.60. The quantitative estimate of drug-likeness (QED) is 0.290. The van der Waals surface area contributed by atoms with Crippen molar-refractivity contribution in [1.29, 1.82) is 0 Å². The SMILES string of the molecule is COc1nccc2c(Nc3c(Cl)cc(C4(C)OCCO4)cc3Cl)nc3ccc(Br)cc3c12. The van der Waals surface area contributed by atoms with Crippen LogP contribution in [0.25, 0.3) is 21.7 Å². The van der Waals surface area contributed by atoms with Gasteiger partial charge in [-0.05, 0) is 43.3 Å². The minimum absolute atomic E-state index is 0.430. The molecule has 3 heterocycles. The number of rotatable bonds is 4. The number of pyridine rings is 2. The zero-order chi connectivity index (χ0) is 22.5. The Hall–Kier alpha value is -2.16. The van der Waals surface area contributed by atoms with Gasteiger partial charge in [0.1, 0.15) is 5.82 Å². The van der Waals surface area contributed by atoms with E-state index in [0.717, 1.165) is 31.7 Å². The van der Waals surface area contributed by atoms with Crippen molar-refractivity contribution in [3.8, 4) is 5.88 Å². The maximum Gasteiger partial charge on any atom is 0.221 e. The smallest absolute Gasteiger partial charge is 0.221 e. The van der Waals surface area contributed by atoms with Crippen molar-refractivity contribution in [2.24, 2.45) is 0 Å². The number of fused-ring (bicyclic) bond motifs is 3. The zero-order valence-corrected chi connectivity index (χ0v) is 20.3. The van der Waals surface area contributed by atoms with Crippen LogP contribution in [0.2, 0.25) is 10.0 Å². The van der Waals surface area contributed by atoms with Crippen LogP contribution in [0.5, 0.6) is 5.88 Å². The van der Waals surface area contributed by atoms with Gasteiger partial charge in [0.15, 0.2) is 5.79 Å². The number of hydrogen-bond acceptors (Lipinski definition) is 6. The van der Waals surface area contributed by atoms with Crippen LogP contribution in [0, 0.1) is 0 Å². The minimum Gasteiger partial charge on any atom is -0.481 e. The van der Waals surface area contributed by atoms with E-state index < -0.39 is 5.79 Å². The predicted molar refractivity (Wildman–Crippen MR) is 130 cm³/mol. The molecular weight excluding hydrogens is 517 g/mol. The van der Waals surface area contributed by atoms with Crippen molar-refractivity contribution in [3.63, 3.8) is 0 Å². The lowest BCUT2D eigenvalue weighted by molar-refractivity contribution is -0.149. The Bertz CT molecular complexity index is 1340. The number of nitrogens with zero attached hydrogens (tertiary/aromatic N) is 2. The third kappa shape index (κ3) is 3.68. The molecule has 0 saturated carbocycles. The number of nitrogens with one attached hydrogen (secondary N) is 1. The van der Waals surface area contributed by atoms with Gasteiger partial charge in [0.25, 0.3) is 0 Å². The summed E-state index contributed by atoms with van der Waals surface area (Å²) in [6.45, 7) is 2.89. The van der Waals surface area contributed by atoms with E-state index >= 15 is 0 Å². The molecule has 1 aliphatic heterocycles. The van der Waals surface area contributed by atoms with E-state index in [1.807, 2.05) is 31.2 Å². The molecule has 2 aromatic carbocycles. The highest BCUT2D eigenvalue weighted by atomic mass is 79.9. The second-order valence-corrected chi connectivity index (χ2v) is 9.18. The Labute approximate surface area is 202 Å². The number of anilines is 2. The summed E-state index contributed by atoms with van der Waals surface area (Å²) in [5.74, 6) is 0.227. The third-order valence-corrected chi connectivity index (χ3v) is 6.56. The molecule has 0 aliphatic carbocycles. The van der Waals surface area contributed by atoms with Crippen molar-refractivity contribution in [2.45, 2.75) is 12.7 Å². The largest absolute Gasteiger partial charge is 0.481 e. The van der Waals surface area contributed by atoms with Gasteiger partial charge in [-0.2, -0.15) is 0 Å². The van der Waals surface area contributed by atoms with Crippen LogP contribution in [-0.4, -0.2) is 30.3 Å². The number of ether oxygens (including phenoxy) is 3. The molecule has 1 aliphatic rings. The Morgan fingerprint density at radius 2 is 1.78 bits per heavy atom. The lowest BCUT2D eigenvalue weighted by atomic mass is 10.1. The molecule has 1 saturated heterocycles. The van der Waals surface area contributed by atoms with E-state index in [4.69, 9.17) is 42.4 Å². The van der Waals surface area contributed by atoms with Gasteiger partial charge in [0.2, 0.25) is 5.88 Å². The fraction of sp³-hybridized carbons (Fsp3) is 0.217. The maximum atomic E-state index is 6.64. The molecule has 0 radical (unpaired) electrons. The van der Waals surface area contributed by atoms with Crippen LogP contribution in [-0.2, 0) is 15.3 Å². The van der Waals surface area contributed by atoms with Gasteiger partial charge in [0.05, 0.1) is 47.0 Å². The summed E-state index contributed by atoms with van der Waals surface area (Å²) in [6, 6.07) is 11.3. The first-order valence-corrected chi connectivity index (χ1v) is 11.4. The van der Waals surface area contributed by atoms with Gasteiger partial charge in [-0.1, -0.05) is 39.1 Å². The second kappa shape index (κ2) is 8.32. The zero-order valence-electron chi connectivity index (χ0n) is 17.2. The fourth-order valence-electron chi connectivity index (χ4n) is 3.89. The minimum atomic E-state index is -0.869. The number of halogens is 3. The summed E-state index contributed by atoms with van der Waals surface area (Å²) in [5, 5.41) is 6.77. The van der Waals surface area contributed by atoms with Crippen molar-refractivity contribution >= 4 is 72.3 Å². The van der Waals surface area contributed by atoms with Gasteiger partial charge in [0, 0.05) is 27.0 Å². The number of benzene rings is 2. The standard InChI is InChI=1S/C23H18BrCl2N3O3/c1-23(31-7-8-32-23)12-9-16(25)20(17(26)10-12)29-21-14-5-6-27-22(30-2)19(14)15-11-13(24)3-4-18(15)28-21/h3-6,9-11H,7-8H2,1-2H3,(H,28,29). The van der Waals surface area contributed by atoms with Crippen molar-refractivity contribution in [2.75, 3.05) is 25.6 Å². The summed E-state index contributed by atoms with van der Waals surface area (Å²) in [5.41, 5.74) is 2.07. The van der Waals surface area contributed by atoms with Crippen LogP contribution in [0.1, 0.15) is 12.5 Å². The monoisotopic (exact) mass is 533 g/mol. The van der Waals surface area contributed by atoms with E-state index in [2.05, 4.69) is 26.2 Å². The predicted octanol–water partition coefficient (Wildman–Crippen LogP) is 6.82. The van der Waals surface area contributed by atoms with E-state index in [-0.39, 0.29) is 0 Å². The molecular formula is C23H18BrCl2N3O3. The molecule has 6 nitrogen and oxygen atoms in total. The first kappa shape index (κ1) is 21.7. The normalized spacial score (nSPS) is 15.4. The molecule has 1 fully saturated rings. The summed E-state index contributed by atoms with van der Waals surface area (Å²) in [6.07, 6.45) is 1.68. The van der Waals surface area contributed by atoms with Crippen LogP contribution < -0.4 is 10.1 Å². The Morgan fingerprint density at radius 3 is 2.47 bits per heavy atom. The number of methoxy groups -OCH3 is 1. The highest BCUT2D eigenvalue weighted by Gasteiger charge is 2.34. The first-order chi connectivity index (χ1) is 15.4. The number of aromatic nitrogens is 2. The Kier molecular flexibility index (Phi) is 5.63. The molecule has 1 N–H and O–H groups in total. The summed E-state index contributed by atoms with van der Waals surface area (Å²) >= 11 is 16.8. The van der Waals surface area contributed by atoms with Gasteiger partial charge in [-0.3, -0.25) is 0 Å². The van der Waals surface area contributed by atoms with Gasteiger partial charge in [-0.25, -0.2) is 9.97 Å². The van der Waals surface area contributed by atoms with E-state index in [1.54, 1.807) is 25.4 Å². The molecule has 2 aromatic heterocycles. The number of hydrogen-bond donors (Lipinski definition) is 1. The summed E-state index contributed by atoms with van der Waals surface area (Å²) in [4.78, 5) is 9.21. The van der Waals surface area contributed by atoms with Gasteiger partial charge >= 0.3 is 0 Å². The topological polar surface area (TPSA) is 65.5 Å². The molecule has 5 rings (SSSR count). The second-order valence-electron chi connectivity index (χ2n) is 7.45. The van der Waals surface area contributed by atoms with Crippen molar-refractivity contribution in [3.05, 3.63) is 62.7 Å². The average molecular weight is 535 g/mol. The summed E-state index contributed by atoms with van der Waals surface area (Å²) < 4.78 is 18.0. The van der Waals surface area contributed by atoms with Gasteiger partial charge < -0.3 is 19.5 Å². The van der Waals surface area contributed by atoms with E-state index in [0.29, 0.717) is 40.6 Å². The molecule has 0 atom stereocenters. The Balaban J connectivity index is 1.67. The fourth-order valence-corrected chi connectivity index (χ4v) is 4.83. The third-order valence-electron chi connectivity index (χ3n) is 5.47. The average Bonchev–Trinajstić information content (AvgIpc) is 3.23. The maximum absolute atomic E-state index is 6.64. The van der Waals surface area contributed by atoms with Crippen LogP contribution in [0.4, 0.5) is 11.5 Å². The lowest BCUT2D eigenvalue weighted by Gasteiger charge is -2.24. The lowest BCUT2D eigenvalue weighted by Crippen LogP contribution is -2.22. The Morgan fingerprint density at radius 1 is 1.06 bits per heavy atom. The van der Waals surface area contributed by atoms with E-state index in [1.165, 1.54) is 0 Å². The van der Waals surface area contributed by atoms with Crippen LogP contribution in [0.15, 0.2) is 47.1 Å². The molecule has 0 unspecified atom stereocenters. The van der Waals surface area contributed by atoms with Crippen LogP contribution in [0.3, 0.4) is 0 Å². The molecule has 0 amide bonds. The molecule has 0 spiro atoms. The molecule has 0 bridgehead atoms. The van der Waals surface area contributed by atoms with Crippen LogP contribution >= 0.6 is 39.1 Å². The van der Waals surface area contributed by atoms with Gasteiger partial charge in [-0.15, -0.1) is 0 Å². The molecule has 4 aromatic rings. The van der Waals surface area contributed by atoms with E-state index in [9.17, 15) is 0 Å². The molecule has 32 heavy (non-hydrogen) atoms. The highest BCUT2D eigenvalue weighted by Crippen LogP contribution is 2.42. The highest BCUT2D eigenvalue weighted by molar-refractivity contribution is 9.10.